The van der Waals surface area contributed by atoms with E-state index >= 15 is 0 Å². The standard InChI is InChI=1S/C10H9BrIN3/c11-8-2-1-7(4-13)10(3-8)15-6-9(12)5-14-15/h1-3,5-6H,4,13H2. The molecular formula is C10H9BrIN3. The van der Waals surface area contributed by atoms with Crippen molar-refractivity contribution in [1.29, 1.82) is 0 Å². The Morgan fingerprint density at radius 1 is 1.47 bits per heavy atom. The Hall–Kier alpha value is -0.400. The molecule has 0 spiro atoms. The van der Waals surface area contributed by atoms with E-state index in [1.807, 2.05) is 35.3 Å². The topological polar surface area (TPSA) is 43.8 Å². The predicted molar refractivity (Wildman–Crippen MR) is 71.9 cm³/mol. The quantitative estimate of drug-likeness (QED) is 0.818. The van der Waals surface area contributed by atoms with Crippen molar-refractivity contribution in [2.75, 3.05) is 0 Å². The van der Waals surface area contributed by atoms with Crippen LogP contribution >= 0.6 is 38.5 Å². The van der Waals surface area contributed by atoms with Crippen LogP contribution in [0.25, 0.3) is 5.69 Å². The van der Waals surface area contributed by atoms with Gasteiger partial charge in [-0.05, 0) is 40.3 Å². The number of hydrogen-bond donors (Lipinski definition) is 1. The highest BCUT2D eigenvalue weighted by atomic mass is 127. The summed E-state index contributed by atoms with van der Waals surface area (Å²) in [6.07, 6.45) is 3.79. The Labute approximate surface area is 110 Å². The number of halogens is 2. The molecule has 0 amide bonds. The van der Waals surface area contributed by atoms with Crippen LogP contribution in [0, 0.1) is 3.57 Å². The van der Waals surface area contributed by atoms with Gasteiger partial charge in [-0.3, -0.25) is 0 Å². The van der Waals surface area contributed by atoms with Gasteiger partial charge >= 0.3 is 0 Å². The van der Waals surface area contributed by atoms with Crippen LogP contribution in [0.3, 0.4) is 0 Å². The minimum Gasteiger partial charge on any atom is -0.326 e. The highest BCUT2D eigenvalue weighted by molar-refractivity contribution is 14.1. The highest BCUT2D eigenvalue weighted by Gasteiger charge is 2.05. The minimum absolute atomic E-state index is 0.513. The summed E-state index contributed by atoms with van der Waals surface area (Å²) in [5.74, 6) is 0. The van der Waals surface area contributed by atoms with Gasteiger partial charge in [-0.1, -0.05) is 22.0 Å². The zero-order chi connectivity index (χ0) is 10.8. The Bertz CT molecular complexity index is 481. The van der Waals surface area contributed by atoms with Crippen molar-refractivity contribution in [2.24, 2.45) is 5.73 Å². The van der Waals surface area contributed by atoms with E-state index < -0.39 is 0 Å². The van der Waals surface area contributed by atoms with E-state index in [1.165, 1.54) is 0 Å². The fraction of sp³-hybridized carbons (Fsp3) is 0.100. The summed E-state index contributed by atoms with van der Waals surface area (Å²) in [6.45, 7) is 0.513. The molecule has 0 radical (unpaired) electrons. The van der Waals surface area contributed by atoms with Crippen molar-refractivity contribution in [3.8, 4) is 5.69 Å². The molecule has 2 rings (SSSR count). The lowest BCUT2D eigenvalue weighted by molar-refractivity contribution is 0.857. The molecule has 1 aromatic carbocycles. The van der Waals surface area contributed by atoms with Crippen LogP contribution < -0.4 is 5.73 Å². The summed E-state index contributed by atoms with van der Waals surface area (Å²) in [7, 11) is 0. The van der Waals surface area contributed by atoms with Crippen molar-refractivity contribution >= 4 is 38.5 Å². The molecule has 1 heterocycles. The van der Waals surface area contributed by atoms with E-state index in [0.29, 0.717) is 6.54 Å². The molecule has 0 atom stereocenters. The normalized spacial score (nSPS) is 10.6. The van der Waals surface area contributed by atoms with Crippen LogP contribution in [-0.4, -0.2) is 9.78 Å². The molecular weight excluding hydrogens is 369 g/mol. The highest BCUT2D eigenvalue weighted by Crippen LogP contribution is 2.20. The third-order valence-corrected chi connectivity index (χ3v) is 3.12. The lowest BCUT2D eigenvalue weighted by Crippen LogP contribution is -2.04. The monoisotopic (exact) mass is 377 g/mol. The second kappa shape index (κ2) is 4.63. The molecule has 0 unspecified atom stereocenters. The maximum Gasteiger partial charge on any atom is 0.0702 e. The van der Waals surface area contributed by atoms with Crippen molar-refractivity contribution in [1.82, 2.24) is 9.78 Å². The van der Waals surface area contributed by atoms with Gasteiger partial charge in [0.05, 0.1) is 15.5 Å². The van der Waals surface area contributed by atoms with E-state index in [9.17, 15) is 0 Å². The van der Waals surface area contributed by atoms with Gasteiger partial charge in [0.1, 0.15) is 0 Å². The van der Waals surface area contributed by atoms with Crippen LogP contribution in [0.4, 0.5) is 0 Å². The number of nitrogens with zero attached hydrogens (tertiary/aromatic N) is 2. The fourth-order valence-corrected chi connectivity index (χ4v) is 2.09. The number of rotatable bonds is 2. The van der Waals surface area contributed by atoms with Gasteiger partial charge in [-0.15, -0.1) is 0 Å². The van der Waals surface area contributed by atoms with E-state index in [1.54, 1.807) is 0 Å². The molecule has 0 fully saturated rings. The van der Waals surface area contributed by atoms with Crippen molar-refractivity contribution in [3.05, 3.63) is 44.2 Å². The zero-order valence-electron chi connectivity index (χ0n) is 7.82. The average Bonchev–Trinajstić information content (AvgIpc) is 2.65. The fourth-order valence-electron chi connectivity index (χ4n) is 1.36. The Kier molecular flexibility index (Phi) is 3.42. The maximum absolute atomic E-state index is 5.69. The summed E-state index contributed by atoms with van der Waals surface area (Å²) in [5.41, 5.74) is 7.79. The Morgan fingerprint density at radius 2 is 2.27 bits per heavy atom. The molecule has 78 valence electrons. The van der Waals surface area contributed by atoms with Crippen LogP contribution in [-0.2, 0) is 6.54 Å². The number of aromatic nitrogens is 2. The van der Waals surface area contributed by atoms with Gasteiger partial charge < -0.3 is 5.73 Å². The summed E-state index contributed by atoms with van der Waals surface area (Å²) in [4.78, 5) is 0. The molecule has 0 bridgehead atoms. The molecule has 0 saturated carbocycles. The summed E-state index contributed by atoms with van der Waals surface area (Å²) >= 11 is 5.68. The van der Waals surface area contributed by atoms with E-state index in [4.69, 9.17) is 5.73 Å². The largest absolute Gasteiger partial charge is 0.326 e. The Morgan fingerprint density at radius 3 is 2.87 bits per heavy atom. The van der Waals surface area contributed by atoms with Crippen LogP contribution in [0.15, 0.2) is 35.1 Å². The number of nitrogens with two attached hydrogens (primary N) is 1. The average molecular weight is 378 g/mol. The molecule has 1 aromatic heterocycles. The van der Waals surface area contributed by atoms with Crippen LogP contribution in [0.1, 0.15) is 5.56 Å². The van der Waals surface area contributed by atoms with Gasteiger partial charge in [0, 0.05) is 17.2 Å². The number of benzene rings is 1. The minimum atomic E-state index is 0.513. The van der Waals surface area contributed by atoms with Gasteiger partial charge in [0.25, 0.3) is 0 Å². The van der Waals surface area contributed by atoms with E-state index in [0.717, 1.165) is 19.3 Å². The lowest BCUT2D eigenvalue weighted by Gasteiger charge is -2.07. The first-order valence-corrected chi connectivity index (χ1v) is 6.27. The Balaban J connectivity index is 2.55. The third-order valence-electron chi connectivity index (χ3n) is 2.07. The van der Waals surface area contributed by atoms with Gasteiger partial charge in [0.2, 0.25) is 0 Å². The van der Waals surface area contributed by atoms with Gasteiger partial charge in [-0.2, -0.15) is 5.10 Å². The smallest absolute Gasteiger partial charge is 0.0702 e. The number of hydrogen-bond acceptors (Lipinski definition) is 2. The van der Waals surface area contributed by atoms with Crippen molar-refractivity contribution in [3.63, 3.8) is 0 Å². The predicted octanol–water partition coefficient (Wildman–Crippen LogP) is 2.70. The van der Waals surface area contributed by atoms with Gasteiger partial charge in [0.15, 0.2) is 0 Å². The second-order valence-corrected chi connectivity index (χ2v) is 5.24. The first kappa shape index (κ1) is 11.1. The third kappa shape index (κ3) is 2.40. The molecule has 0 aliphatic carbocycles. The first-order chi connectivity index (χ1) is 7.20. The SMILES string of the molecule is NCc1ccc(Br)cc1-n1cc(I)cn1. The molecule has 0 aliphatic heterocycles. The van der Waals surface area contributed by atoms with Gasteiger partial charge in [-0.25, -0.2) is 4.68 Å². The van der Waals surface area contributed by atoms with Crippen molar-refractivity contribution < 1.29 is 0 Å². The second-order valence-electron chi connectivity index (χ2n) is 3.08. The first-order valence-electron chi connectivity index (χ1n) is 4.40. The van der Waals surface area contributed by atoms with Crippen LogP contribution in [0.2, 0.25) is 0 Å². The van der Waals surface area contributed by atoms with Crippen molar-refractivity contribution in [2.45, 2.75) is 6.54 Å². The molecule has 3 nitrogen and oxygen atoms in total. The lowest BCUT2D eigenvalue weighted by atomic mass is 10.2. The molecule has 2 N–H and O–H groups in total. The molecule has 0 aliphatic rings. The zero-order valence-corrected chi connectivity index (χ0v) is 11.6. The summed E-state index contributed by atoms with van der Waals surface area (Å²) in [6, 6.07) is 6.01. The maximum atomic E-state index is 5.69. The molecule has 0 saturated heterocycles. The van der Waals surface area contributed by atoms with E-state index in [-0.39, 0.29) is 0 Å². The summed E-state index contributed by atoms with van der Waals surface area (Å²) < 4.78 is 3.98. The molecule has 15 heavy (non-hydrogen) atoms. The van der Waals surface area contributed by atoms with E-state index in [2.05, 4.69) is 43.6 Å². The molecule has 5 heteroatoms. The van der Waals surface area contributed by atoms with Crippen LogP contribution in [0.5, 0.6) is 0 Å². The molecule has 2 aromatic rings. The summed E-state index contributed by atoms with van der Waals surface area (Å²) in [5, 5.41) is 4.27.